The van der Waals surface area contributed by atoms with Crippen molar-refractivity contribution in [3.63, 3.8) is 0 Å². The van der Waals surface area contributed by atoms with E-state index in [1.54, 1.807) is 0 Å². The third-order valence-electron chi connectivity index (χ3n) is 13.4. The molecule has 2 aliphatic rings. The third-order valence-corrected chi connectivity index (χ3v) is 13.4. The van der Waals surface area contributed by atoms with Crippen LogP contribution in [0.1, 0.15) is 68.7 Å². The first-order chi connectivity index (χ1) is 29.4. The number of nitrogens with zero attached hydrogens (tertiary/aromatic N) is 2. The van der Waals surface area contributed by atoms with Crippen molar-refractivity contribution in [2.45, 2.75) is 57.3 Å². The number of rotatable bonds is 9. The molecule has 0 spiro atoms. The summed E-state index contributed by atoms with van der Waals surface area (Å²) in [6, 6.07) is 76.2. The molecule has 0 amide bonds. The van der Waals surface area contributed by atoms with Gasteiger partial charge in [0.25, 0.3) is 0 Å². The fourth-order valence-corrected chi connectivity index (χ4v) is 10.5. The summed E-state index contributed by atoms with van der Waals surface area (Å²) < 4.78 is 0. The highest BCUT2D eigenvalue weighted by Gasteiger charge is 2.39. The molecule has 2 atom stereocenters. The van der Waals surface area contributed by atoms with E-state index in [0.29, 0.717) is 5.92 Å². The van der Waals surface area contributed by atoms with Crippen LogP contribution in [0.3, 0.4) is 0 Å². The molecule has 8 aromatic rings. The van der Waals surface area contributed by atoms with Crippen molar-refractivity contribution in [2.75, 3.05) is 9.80 Å². The summed E-state index contributed by atoms with van der Waals surface area (Å²) >= 11 is 0. The van der Waals surface area contributed by atoms with Gasteiger partial charge in [-0.1, -0.05) is 173 Å². The molecule has 8 aromatic carbocycles. The Labute approximate surface area is 356 Å². The second-order valence-electron chi connectivity index (χ2n) is 17.5. The summed E-state index contributed by atoms with van der Waals surface area (Å²) in [5.74, 6) is 0.636. The molecule has 0 saturated heterocycles. The van der Waals surface area contributed by atoms with E-state index in [1.165, 1.54) is 74.4 Å². The minimum absolute atomic E-state index is 0.0723. The number of fused-ring (bicyclic) bond motifs is 3. The van der Waals surface area contributed by atoms with Crippen LogP contribution in [0.4, 0.5) is 34.1 Å². The van der Waals surface area contributed by atoms with Crippen LogP contribution in [0.15, 0.2) is 206 Å². The molecule has 0 heterocycles. The molecule has 0 bridgehead atoms. The Kier molecular flexibility index (Phi) is 9.73. The highest BCUT2D eigenvalue weighted by Crippen LogP contribution is 2.52. The maximum absolute atomic E-state index is 2.44. The molecular formula is C58H52N2. The van der Waals surface area contributed by atoms with Gasteiger partial charge in [0.2, 0.25) is 0 Å². The molecule has 2 heteroatoms. The topological polar surface area (TPSA) is 6.48 Å². The van der Waals surface area contributed by atoms with Crippen molar-refractivity contribution >= 4 is 34.1 Å². The van der Waals surface area contributed by atoms with Gasteiger partial charge in [-0.2, -0.15) is 0 Å². The van der Waals surface area contributed by atoms with E-state index < -0.39 is 0 Å². The largest absolute Gasteiger partial charge is 0.310 e. The van der Waals surface area contributed by atoms with Gasteiger partial charge in [0.05, 0.1) is 5.69 Å². The SMILES string of the molecule is CC1CCCC(c2ccc(N(c3ccccc3)c3ccc4c(c3)C(C)(C)c3ccccc3-4)cc2)(c2ccc(N(c3ccccc3)c3ccccc3-c3ccccc3)cc2)C1. The fourth-order valence-electron chi connectivity index (χ4n) is 10.5. The number of anilines is 6. The van der Waals surface area contributed by atoms with Crippen LogP contribution in [0.2, 0.25) is 0 Å². The number of para-hydroxylation sites is 3. The van der Waals surface area contributed by atoms with Crippen LogP contribution in [0.5, 0.6) is 0 Å². The highest BCUT2D eigenvalue weighted by molar-refractivity contribution is 5.88. The van der Waals surface area contributed by atoms with Gasteiger partial charge in [0, 0.05) is 44.8 Å². The van der Waals surface area contributed by atoms with Crippen molar-refractivity contribution in [1.82, 2.24) is 0 Å². The number of hydrogen-bond donors (Lipinski definition) is 0. The van der Waals surface area contributed by atoms with E-state index in [9.17, 15) is 0 Å². The molecule has 10 rings (SSSR count). The summed E-state index contributed by atoms with van der Waals surface area (Å²) in [4.78, 5) is 4.84. The maximum atomic E-state index is 2.44. The van der Waals surface area contributed by atoms with Crippen LogP contribution >= 0.6 is 0 Å². The monoisotopic (exact) mass is 776 g/mol. The first-order valence-electron chi connectivity index (χ1n) is 21.7. The molecule has 2 nitrogen and oxygen atoms in total. The minimum atomic E-state index is -0.0742. The first kappa shape index (κ1) is 37.6. The molecule has 0 radical (unpaired) electrons. The molecule has 60 heavy (non-hydrogen) atoms. The molecule has 2 aliphatic carbocycles. The van der Waals surface area contributed by atoms with E-state index in [2.05, 4.69) is 237 Å². The highest BCUT2D eigenvalue weighted by atomic mass is 15.1. The van der Waals surface area contributed by atoms with Crippen molar-refractivity contribution in [3.05, 3.63) is 229 Å². The average Bonchev–Trinajstić information content (AvgIpc) is 3.53. The lowest BCUT2D eigenvalue weighted by Gasteiger charge is -2.42. The molecule has 0 aromatic heterocycles. The zero-order valence-electron chi connectivity index (χ0n) is 34.9. The Morgan fingerprint density at radius 3 is 1.55 bits per heavy atom. The van der Waals surface area contributed by atoms with Crippen molar-refractivity contribution in [2.24, 2.45) is 5.92 Å². The van der Waals surface area contributed by atoms with Gasteiger partial charge < -0.3 is 9.80 Å². The normalized spacial score (nSPS) is 17.7. The van der Waals surface area contributed by atoms with Gasteiger partial charge in [0.1, 0.15) is 0 Å². The van der Waals surface area contributed by atoms with E-state index >= 15 is 0 Å². The van der Waals surface area contributed by atoms with Crippen molar-refractivity contribution < 1.29 is 0 Å². The summed E-state index contributed by atoms with van der Waals surface area (Å²) in [5, 5.41) is 0. The maximum Gasteiger partial charge on any atom is 0.0540 e. The molecule has 2 unspecified atom stereocenters. The van der Waals surface area contributed by atoms with Crippen molar-refractivity contribution in [1.29, 1.82) is 0 Å². The second kappa shape index (κ2) is 15.5. The van der Waals surface area contributed by atoms with Crippen LogP contribution in [-0.2, 0) is 10.8 Å². The Bertz CT molecular complexity index is 2740. The predicted octanol–water partition coefficient (Wildman–Crippen LogP) is 16.1. The van der Waals surface area contributed by atoms with E-state index in [-0.39, 0.29) is 10.8 Å². The summed E-state index contributed by atoms with van der Waals surface area (Å²) in [5.41, 5.74) is 17.5. The zero-order valence-corrected chi connectivity index (χ0v) is 34.9. The predicted molar refractivity (Wildman–Crippen MR) is 254 cm³/mol. The Morgan fingerprint density at radius 2 is 0.917 bits per heavy atom. The lowest BCUT2D eigenvalue weighted by Crippen LogP contribution is -2.33. The molecule has 0 N–H and O–H groups in total. The van der Waals surface area contributed by atoms with Crippen LogP contribution in [0.25, 0.3) is 22.3 Å². The average molecular weight is 777 g/mol. The lowest BCUT2D eigenvalue weighted by molar-refractivity contribution is 0.272. The molecular weight excluding hydrogens is 725 g/mol. The molecule has 294 valence electrons. The molecule has 1 saturated carbocycles. The summed E-state index contributed by atoms with van der Waals surface area (Å²) in [6.45, 7) is 7.17. The zero-order chi connectivity index (χ0) is 40.7. The molecule has 0 aliphatic heterocycles. The smallest absolute Gasteiger partial charge is 0.0540 e. The van der Waals surface area contributed by atoms with E-state index in [0.717, 1.165) is 29.9 Å². The number of hydrogen-bond acceptors (Lipinski definition) is 2. The van der Waals surface area contributed by atoms with Gasteiger partial charge in [0.15, 0.2) is 0 Å². The molecule has 1 fully saturated rings. The van der Waals surface area contributed by atoms with E-state index in [1.807, 2.05) is 0 Å². The Hall–Kier alpha value is -6.64. The first-order valence-corrected chi connectivity index (χ1v) is 21.7. The van der Waals surface area contributed by atoms with Crippen LogP contribution < -0.4 is 9.80 Å². The Balaban J connectivity index is 1.03. The van der Waals surface area contributed by atoms with Gasteiger partial charge in [-0.05, 0) is 124 Å². The van der Waals surface area contributed by atoms with Gasteiger partial charge in [-0.25, -0.2) is 0 Å². The van der Waals surface area contributed by atoms with Crippen molar-refractivity contribution in [3.8, 4) is 22.3 Å². The quantitative estimate of drug-likeness (QED) is 0.144. The number of benzene rings is 8. The van der Waals surface area contributed by atoms with Crippen LogP contribution in [-0.4, -0.2) is 0 Å². The summed E-state index contributed by atoms with van der Waals surface area (Å²) in [6.07, 6.45) is 4.76. The lowest BCUT2D eigenvalue weighted by atomic mass is 9.62. The standard InChI is InChI=1S/C58H52N2/c1-42-18-17-39-58(41-42,45-31-35-49(36-32-45)60(47-23-11-6-12-24-47)56-28-16-14-25-51(56)43-19-7-4-8-20-43)44-29-33-48(34-30-44)59(46-21-9-5-10-22-46)50-37-38-53-52-26-13-15-27-54(52)57(2,3)55(53)40-50/h4-16,19-38,40,42H,17-18,39,41H2,1-3H3. The minimum Gasteiger partial charge on any atom is -0.310 e. The van der Waals surface area contributed by atoms with E-state index in [4.69, 9.17) is 0 Å². The summed E-state index contributed by atoms with van der Waals surface area (Å²) in [7, 11) is 0. The Morgan fingerprint density at radius 1 is 0.433 bits per heavy atom. The van der Waals surface area contributed by atoms with Gasteiger partial charge >= 0.3 is 0 Å². The van der Waals surface area contributed by atoms with Gasteiger partial charge in [-0.15, -0.1) is 0 Å². The fraction of sp³-hybridized carbons (Fsp3) is 0.172. The third kappa shape index (κ3) is 6.61. The van der Waals surface area contributed by atoms with Gasteiger partial charge in [-0.3, -0.25) is 0 Å². The van der Waals surface area contributed by atoms with Crippen LogP contribution in [0, 0.1) is 5.92 Å². The second-order valence-corrected chi connectivity index (χ2v) is 17.5.